The summed E-state index contributed by atoms with van der Waals surface area (Å²) in [6, 6.07) is 13.5. The summed E-state index contributed by atoms with van der Waals surface area (Å²) < 4.78 is 5.15. The summed E-state index contributed by atoms with van der Waals surface area (Å²) in [5, 5.41) is 14.0. The van der Waals surface area contributed by atoms with E-state index in [1.165, 1.54) is 0 Å². The summed E-state index contributed by atoms with van der Waals surface area (Å²) >= 11 is 0. The third kappa shape index (κ3) is 2.60. The number of fused-ring (bicyclic) bond motifs is 1. The molecule has 0 saturated heterocycles. The number of rotatable bonds is 5. The first-order valence-electron chi connectivity index (χ1n) is 5.81. The number of carboxylic acids is 1. The third-order valence-electron chi connectivity index (χ3n) is 2.63. The van der Waals surface area contributed by atoms with Crippen LogP contribution in [0, 0.1) is 0 Å². The van der Waals surface area contributed by atoms with Crippen molar-refractivity contribution in [2.45, 2.75) is 13.2 Å². The zero-order chi connectivity index (χ0) is 13.0. The molecule has 0 bridgehead atoms. The molecule has 2 aromatic rings. The molecule has 18 heavy (non-hydrogen) atoms. The molecule has 2 rings (SSSR count). The van der Waals surface area contributed by atoms with Gasteiger partial charge in [-0.05, 0) is 18.4 Å². The molecule has 4 nitrogen and oxygen atoms in total. The number of aliphatic carboxylic acids is 1. The molecule has 0 aliphatic rings. The van der Waals surface area contributed by atoms with E-state index in [1.807, 2.05) is 42.5 Å². The molecule has 94 valence electrons. The molecule has 0 spiro atoms. The molecule has 0 radical (unpaired) electrons. The number of nitrogens with one attached hydrogen (secondary N) is 1. The lowest BCUT2D eigenvalue weighted by atomic mass is 10.1. The Balaban J connectivity index is 2.33. The maximum atomic E-state index is 11.0. The van der Waals surface area contributed by atoms with E-state index in [2.05, 4.69) is 5.32 Å². The number of carboxylic acid groups (broad SMARTS) is 1. The predicted octanol–water partition coefficient (Wildman–Crippen LogP) is 2.70. The predicted molar refractivity (Wildman–Crippen MR) is 70.6 cm³/mol. The minimum Gasteiger partial charge on any atom is -0.478 e. The second kappa shape index (κ2) is 5.51. The molecule has 0 fully saturated rings. The van der Waals surface area contributed by atoms with E-state index in [4.69, 9.17) is 9.84 Å². The van der Waals surface area contributed by atoms with E-state index >= 15 is 0 Å². The largest absolute Gasteiger partial charge is 0.478 e. The van der Waals surface area contributed by atoms with Crippen LogP contribution in [0.15, 0.2) is 42.5 Å². The highest BCUT2D eigenvalue weighted by molar-refractivity contribution is 5.94. The van der Waals surface area contributed by atoms with Crippen LogP contribution in [0.1, 0.15) is 6.92 Å². The van der Waals surface area contributed by atoms with Gasteiger partial charge in [0.2, 0.25) is 6.23 Å². The maximum Gasteiger partial charge on any atom is 0.353 e. The van der Waals surface area contributed by atoms with Gasteiger partial charge in [0.15, 0.2) is 0 Å². The highest BCUT2D eigenvalue weighted by atomic mass is 16.5. The summed E-state index contributed by atoms with van der Waals surface area (Å²) in [5.41, 5.74) is 0.758. The first-order valence-corrected chi connectivity index (χ1v) is 5.81. The van der Waals surface area contributed by atoms with Crippen LogP contribution >= 0.6 is 0 Å². The molecule has 2 aromatic carbocycles. The second-order valence-electron chi connectivity index (χ2n) is 3.84. The molecule has 1 unspecified atom stereocenters. The lowest BCUT2D eigenvalue weighted by molar-refractivity contribution is -0.148. The molecule has 2 N–H and O–H groups in total. The van der Waals surface area contributed by atoms with Gasteiger partial charge < -0.3 is 15.2 Å². The molecule has 0 heterocycles. The van der Waals surface area contributed by atoms with Crippen LogP contribution in [0.3, 0.4) is 0 Å². The summed E-state index contributed by atoms with van der Waals surface area (Å²) in [4.78, 5) is 11.0. The number of hydrogen-bond donors (Lipinski definition) is 2. The van der Waals surface area contributed by atoms with Crippen molar-refractivity contribution < 1.29 is 14.6 Å². The van der Waals surface area contributed by atoms with Crippen molar-refractivity contribution in [3.8, 4) is 0 Å². The monoisotopic (exact) mass is 245 g/mol. The average Bonchev–Trinajstić information content (AvgIpc) is 2.38. The molecular weight excluding hydrogens is 230 g/mol. The Morgan fingerprint density at radius 2 is 2.00 bits per heavy atom. The number of hydrogen-bond acceptors (Lipinski definition) is 3. The summed E-state index contributed by atoms with van der Waals surface area (Å²) in [7, 11) is 0. The first kappa shape index (κ1) is 12.4. The van der Waals surface area contributed by atoms with Crippen molar-refractivity contribution >= 4 is 22.4 Å². The summed E-state index contributed by atoms with van der Waals surface area (Å²) in [6.07, 6.45) is -1.03. The molecule has 4 heteroatoms. The van der Waals surface area contributed by atoms with Crippen LogP contribution in [0.5, 0.6) is 0 Å². The SMILES string of the molecule is CCOC(Nc1cccc2ccccc12)C(=O)O. The number of ether oxygens (including phenoxy) is 1. The van der Waals surface area contributed by atoms with Gasteiger partial charge in [0.05, 0.1) is 0 Å². The van der Waals surface area contributed by atoms with Gasteiger partial charge in [-0.3, -0.25) is 0 Å². The van der Waals surface area contributed by atoms with Crippen LogP contribution in [0.25, 0.3) is 10.8 Å². The van der Waals surface area contributed by atoms with Crippen LogP contribution in [-0.4, -0.2) is 23.9 Å². The fourth-order valence-electron chi connectivity index (χ4n) is 1.83. The van der Waals surface area contributed by atoms with Gasteiger partial charge in [-0.1, -0.05) is 36.4 Å². The Morgan fingerprint density at radius 1 is 1.28 bits per heavy atom. The molecule has 1 atom stereocenters. The molecular formula is C14H15NO3. The van der Waals surface area contributed by atoms with Crippen molar-refractivity contribution in [2.24, 2.45) is 0 Å². The van der Waals surface area contributed by atoms with Crippen molar-refractivity contribution in [1.29, 1.82) is 0 Å². The Bertz CT molecular complexity index is 548. The Kier molecular flexibility index (Phi) is 3.79. The fourth-order valence-corrected chi connectivity index (χ4v) is 1.83. The van der Waals surface area contributed by atoms with Gasteiger partial charge in [-0.2, -0.15) is 0 Å². The van der Waals surface area contributed by atoms with Gasteiger partial charge in [-0.25, -0.2) is 4.79 Å². The van der Waals surface area contributed by atoms with Crippen molar-refractivity contribution in [2.75, 3.05) is 11.9 Å². The molecule has 0 aromatic heterocycles. The summed E-state index contributed by atoms with van der Waals surface area (Å²) in [6.45, 7) is 2.11. The molecule has 0 saturated carbocycles. The van der Waals surface area contributed by atoms with Crippen molar-refractivity contribution in [3.05, 3.63) is 42.5 Å². The number of anilines is 1. The van der Waals surface area contributed by atoms with Crippen molar-refractivity contribution in [3.63, 3.8) is 0 Å². The first-order chi connectivity index (χ1) is 8.72. The topological polar surface area (TPSA) is 58.6 Å². The lowest BCUT2D eigenvalue weighted by Gasteiger charge is -2.16. The molecule has 0 aliphatic carbocycles. The minimum atomic E-state index is -1.03. The standard InChI is InChI=1S/C14H15NO3/c1-2-18-13(14(16)17)15-12-9-5-7-10-6-3-4-8-11(10)12/h3-9,13,15H,2H2,1H3,(H,16,17). The van der Waals surface area contributed by atoms with Gasteiger partial charge in [0, 0.05) is 17.7 Å². The lowest BCUT2D eigenvalue weighted by Crippen LogP contribution is -2.32. The van der Waals surface area contributed by atoms with E-state index in [0.29, 0.717) is 6.61 Å². The zero-order valence-electron chi connectivity index (χ0n) is 10.1. The second-order valence-corrected chi connectivity index (χ2v) is 3.84. The van der Waals surface area contributed by atoms with E-state index in [9.17, 15) is 4.79 Å². The van der Waals surface area contributed by atoms with E-state index in [1.54, 1.807) is 6.92 Å². The highest BCUT2D eigenvalue weighted by Gasteiger charge is 2.17. The fraction of sp³-hybridized carbons (Fsp3) is 0.214. The zero-order valence-corrected chi connectivity index (χ0v) is 10.1. The van der Waals surface area contributed by atoms with Crippen molar-refractivity contribution in [1.82, 2.24) is 0 Å². The average molecular weight is 245 g/mol. The number of benzene rings is 2. The normalized spacial score (nSPS) is 12.3. The Hall–Kier alpha value is -2.07. The smallest absolute Gasteiger partial charge is 0.353 e. The van der Waals surface area contributed by atoms with E-state index in [-0.39, 0.29) is 0 Å². The molecule has 0 aliphatic heterocycles. The Morgan fingerprint density at radius 3 is 2.72 bits per heavy atom. The highest BCUT2D eigenvalue weighted by Crippen LogP contribution is 2.23. The van der Waals surface area contributed by atoms with Gasteiger partial charge in [0.25, 0.3) is 0 Å². The van der Waals surface area contributed by atoms with Crippen LogP contribution in [-0.2, 0) is 9.53 Å². The summed E-state index contributed by atoms with van der Waals surface area (Å²) in [5.74, 6) is -1.02. The quantitative estimate of drug-likeness (QED) is 0.795. The van der Waals surface area contributed by atoms with Crippen LogP contribution in [0.4, 0.5) is 5.69 Å². The Labute approximate surface area is 105 Å². The molecule has 0 amide bonds. The van der Waals surface area contributed by atoms with E-state index < -0.39 is 12.2 Å². The van der Waals surface area contributed by atoms with Gasteiger partial charge in [-0.15, -0.1) is 0 Å². The minimum absolute atomic E-state index is 0.342. The third-order valence-corrected chi connectivity index (χ3v) is 2.63. The number of carbonyl (C=O) groups is 1. The van der Waals surface area contributed by atoms with Crippen LogP contribution < -0.4 is 5.32 Å². The van der Waals surface area contributed by atoms with Gasteiger partial charge in [0.1, 0.15) is 0 Å². The van der Waals surface area contributed by atoms with Gasteiger partial charge >= 0.3 is 5.97 Å². The van der Waals surface area contributed by atoms with E-state index in [0.717, 1.165) is 16.5 Å². The maximum absolute atomic E-state index is 11.0. The van der Waals surface area contributed by atoms with Crippen LogP contribution in [0.2, 0.25) is 0 Å².